The van der Waals surface area contributed by atoms with Crippen LogP contribution in [0, 0.1) is 0 Å². The molecular weight excluding hydrogens is 292 g/mol. The quantitative estimate of drug-likeness (QED) is 0.921. The first-order valence-corrected chi connectivity index (χ1v) is 7.90. The summed E-state index contributed by atoms with van der Waals surface area (Å²) in [6.07, 6.45) is 4.44. The van der Waals surface area contributed by atoms with Gasteiger partial charge in [0.2, 0.25) is 0 Å². The highest BCUT2D eigenvalue weighted by Crippen LogP contribution is 2.28. The van der Waals surface area contributed by atoms with Crippen LogP contribution in [0.2, 0.25) is 0 Å². The number of benzene rings is 1. The molecule has 1 saturated heterocycles. The zero-order chi connectivity index (χ0) is 15.6. The molecule has 0 spiro atoms. The van der Waals surface area contributed by atoms with Crippen molar-refractivity contribution < 1.29 is 14.3 Å². The lowest BCUT2D eigenvalue weighted by molar-refractivity contribution is -0.00354. The Morgan fingerprint density at radius 1 is 1.09 bits per heavy atom. The monoisotopic (exact) mass is 310 g/mol. The highest BCUT2D eigenvalue weighted by Gasteiger charge is 2.23. The van der Waals surface area contributed by atoms with E-state index in [1.807, 2.05) is 30.3 Å². The van der Waals surface area contributed by atoms with Gasteiger partial charge in [-0.1, -0.05) is 18.2 Å². The van der Waals surface area contributed by atoms with Crippen LogP contribution in [-0.2, 0) is 4.74 Å². The summed E-state index contributed by atoms with van der Waals surface area (Å²) in [5.74, 6) is 0.751. The number of pyridine rings is 1. The number of carbonyl (C=O) groups excluding carboxylic acids is 1. The smallest absolute Gasteiger partial charge is 0.270 e. The molecule has 1 saturated carbocycles. The van der Waals surface area contributed by atoms with Gasteiger partial charge in [-0.25, -0.2) is 0 Å². The number of aromatic nitrogens is 1. The second-order valence-corrected chi connectivity index (χ2v) is 5.98. The third-order valence-corrected chi connectivity index (χ3v) is 3.98. The molecule has 4 rings (SSSR count). The van der Waals surface area contributed by atoms with Crippen molar-refractivity contribution in [2.45, 2.75) is 25.0 Å². The standard InChI is InChI=1S/C18H18N2O3/c21-18(20-14-10-22-11-14)17-8-3-13(9-19-17)12-1-4-15(5-2-12)23-16-6-7-16/h1-5,8-9,14,16H,6-7,10-11H2,(H,20,21). The van der Waals surface area contributed by atoms with Crippen molar-refractivity contribution in [3.05, 3.63) is 48.3 Å². The molecule has 1 aliphatic carbocycles. The van der Waals surface area contributed by atoms with Crippen LogP contribution in [0.25, 0.3) is 11.1 Å². The Morgan fingerprint density at radius 3 is 2.39 bits per heavy atom. The first-order chi connectivity index (χ1) is 11.3. The minimum Gasteiger partial charge on any atom is -0.490 e. The summed E-state index contributed by atoms with van der Waals surface area (Å²) in [5, 5.41) is 2.88. The Kier molecular flexibility index (Phi) is 3.71. The molecule has 23 heavy (non-hydrogen) atoms. The van der Waals surface area contributed by atoms with Gasteiger partial charge in [-0.05, 0) is 36.6 Å². The van der Waals surface area contributed by atoms with Crippen LogP contribution in [-0.4, -0.2) is 36.3 Å². The molecule has 1 N–H and O–H groups in total. The molecule has 1 aromatic carbocycles. The van der Waals surface area contributed by atoms with Crippen LogP contribution in [0.3, 0.4) is 0 Å². The number of nitrogens with zero attached hydrogens (tertiary/aromatic N) is 1. The van der Waals surface area contributed by atoms with Gasteiger partial charge in [-0.2, -0.15) is 0 Å². The van der Waals surface area contributed by atoms with Crippen molar-refractivity contribution in [2.75, 3.05) is 13.2 Å². The fraction of sp³-hybridized carbons (Fsp3) is 0.333. The number of rotatable bonds is 5. The van der Waals surface area contributed by atoms with E-state index in [0.717, 1.165) is 29.7 Å². The maximum absolute atomic E-state index is 12.0. The van der Waals surface area contributed by atoms with Crippen molar-refractivity contribution in [1.82, 2.24) is 10.3 Å². The van der Waals surface area contributed by atoms with E-state index in [4.69, 9.17) is 9.47 Å². The third-order valence-electron chi connectivity index (χ3n) is 3.98. The molecule has 0 radical (unpaired) electrons. The van der Waals surface area contributed by atoms with Crippen molar-refractivity contribution >= 4 is 5.91 Å². The van der Waals surface area contributed by atoms with E-state index < -0.39 is 0 Å². The topological polar surface area (TPSA) is 60.5 Å². The highest BCUT2D eigenvalue weighted by molar-refractivity contribution is 5.92. The Balaban J connectivity index is 1.43. The number of nitrogens with one attached hydrogen (secondary N) is 1. The van der Waals surface area contributed by atoms with Crippen LogP contribution in [0.5, 0.6) is 5.75 Å². The van der Waals surface area contributed by atoms with Crippen molar-refractivity contribution in [3.63, 3.8) is 0 Å². The SMILES string of the molecule is O=C(NC1COC1)c1ccc(-c2ccc(OC3CC3)cc2)cn1. The minimum atomic E-state index is -0.155. The second kappa shape index (κ2) is 6.01. The van der Waals surface area contributed by atoms with Gasteiger partial charge in [0.15, 0.2) is 0 Å². The number of hydrogen-bond donors (Lipinski definition) is 1. The number of hydrogen-bond acceptors (Lipinski definition) is 4. The lowest BCUT2D eigenvalue weighted by Crippen LogP contribution is -2.48. The molecule has 2 heterocycles. The summed E-state index contributed by atoms with van der Waals surface area (Å²) in [5.41, 5.74) is 2.46. The first-order valence-electron chi connectivity index (χ1n) is 7.90. The highest BCUT2D eigenvalue weighted by atomic mass is 16.5. The van der Waals surface area contributed by atoms with Crippen LogP contribution >= 0.6 is 0 Å². The van der Waals surface area contributed by atoms with Gasteiger partial charge in [0.25, 0.3) is 5.91 Å². The average molecular weight is 310 g/mol. The van der Waals surface area contributed by atoms with Gasteiger partial charge < -0.3 is 14.8 Å². The largest absolute Gasteiger partial charge is 0.490 e. The summed E-state index contributed by atoms with van der Waals surface area (Å²) >= 11 is 0. The maximum Gasteiger partial charge on any atom is 0.270 e. The lowest BCUT2D eigenvalue weighted by atomic mass is 10.1. The van der Waals surface area contributed by atoms with Crippen molar-refractivity contribution in [2.24, 2.45) is 0 Å². The third kappa shape index (κ3) is 3.35. The van der Waals surface area contributed by atoms with Crippen molar-refractivity contribution in [3.8, 4) is 16.9 Å². The van der Waals surface area contributed by atoms with Gasteiger partial charge in [0.05, 0.1) is 25.4 Å². The van der Waals surface area contributed by atoms with Gasteiger partial charge in [0, 0.05) is 11.8 Å². The number of amides is 1. The van der Waals surface area contributed by atoms with E-state index in [-0.39, 0.29) is 11.9 Å². The van der Waals surface area contributed by atoms with E-state index in [1.165, 1.54) is 0 Å². The van der Waals surface area contributed by atoms with Crippen LogP contribution in [0.15, 0.2) is 42.6 Å². The molecule has 1 aromatic heterocycles. The molecule has 0 bridgehead atoms. The molecule has 1 amide bonds. The molecule has 2 fully saturated rings. The molecule has 0 atom stereocenters. The van der Waals surface area contributed by atoms with Crippen LogP contribution in [0.4, 0.5) is 0 Å². The Morgan fingerprint density at radius 2 is 1.83 bits per heavy atom. The number of carbonyl (C=O) groups is 1. The number of ether oxygens (including phenoxy) is 2. The molecule has 0 unspecified atom stereocenters. The average Bonchev–Trinajstić information content (AvgIpc) is 3.36. The Bertz CT molecular complexity index is 689. The molecule has 2 aromatic rings. The molecule has 2 aliphatic rings. The Hall–Kier alpha value is -2.40. The fourth-order valence-electron chi connectivity index (χ4n) is 2.38. The lowest BCUT2D eigenvalue weighted by Gasteiger charge is -2.26. The maximum atomic E-state index is 12.0. The molecule has 1 aliphatic heterocycles. The zero-order valence-corrected chi connectivity index (χ0v) is 12.7. The molecule has 5 heteroatoms. The fourth-order valence-corrected chi connectivity index (χ4v) is 2.38. The summed E-state index contributed by atoms with van der Waals surface area (Å²) in [7, 11) is 0. The van der Waals surface area contributed by atoms with E-state index in [9.17, 15) is 4.79 Å². The van der Waals surface area contributed by atoms with Gasteiger partial charge in [-0.3, -0.25) is 9.78 Å². The van der Waals surface area contributed by atoms with Crippen LogP contribution in [0.1, 0.15) is 23.3 Å². The van der Waals surface area contributed by atoms with Gasteiger partial charge in [0.1, 0.15) is 11.4 Å². The normalized spacial score (nSPS) is 17.4. The van der Waals surface area contributed by atoms with Gasteiger partial charge >= 0.3 is 0 Å². The predicted octanol–water partition coefficient (Wildman–Crippen LogP) is 2.42. The summed E-state index contributed by atoms with van der Waals surface area (Å²) in [4.78, 5) is 16.3. The molecular formula is C18H18N2O3. The van der Waals surface area contributed by atoms with E-state index in [0.29, 0.717) is 25.0 Å². The molecule has 118 valence electrons. The van der Waals surface area contributed by atoms with E-state index >= 15 is 0 Å². The van der Waals surface area contributed by atoms with Crippen molar-refractivity contribution in [1.29, 1.82) is 0 Å². The minimum absolute atomic E-state index is 0.114. The van der Waals surface area contributed by atoms with E-state index in [1.54, 1.807) is 12.3 Å². The Labute approximate surface area is 134 Å². The second-order valence-electron chi connectivity index (χ2n) is 5.98. The predicted molar refractivity (Wildman–Crippen MR) is 85.4 cm³/mol. The molecule has 5 nitrogen and oxygen atoms in total. The summed E-state index contributed by atoms with van der Waals surface area (Å²) in [6, 6.07) is 11.8. The summed E-state index contributed by atoms with van der Waals surface area (Å²) in [6.45, 7) is 1.16. The summed E-state index contributed by atoms with van der Waals surface area (Å²) < 4.78 is 10.8. The van der Waals surface area contributed by atoms with E-state index in [2.05, 4.69) is 10.3 Å². The van der Waals surface area contributed by atoms with Gasteiger partial charge in [-0.15, -0.1) is 0 Å². The zero-order valence-electron chi connectivity index (χ0n) is 12.7. The first kappa shape index (κ1) is 14.2. The van der Waals surface area contributed by atoms with Crippen LogP contribution < -0.4 is 10.1 Å².